The maximum Gasteiger partial charge on any atom is 0.0731 e. The van der Waals surface area contributed by atoms with Gasteiger partial charge in [-0.2, -0.15) is 0 Å². The van der Waals surface area contributed by atoms with E-state index in [1.807, 2.05) is 18.3 Å². The smallest absolute Gasteiger partial charge is 0.0731 e. The number of hydrogen-bond acceptors (Lipinski definition) is 3. The number of pyridine rings is 1. The maximum atomic E-state index is 5.74. The lowest BCUT2D eigenvalue weighted by Gasteiger charge is -2.25. The summed E-state index contributed by atoms with van der Waals surface area (Å²) in [6, 6.07) is 4.14. The Balaban J connectivity index is 2.17. The minimum atomic E-state index is 0.170. The van der Waals surface area contributed by atoms with Crippen molar-refractivity contribution in [3.63, 3.8) is 0 Å². The zero-order valence-corrected chi connectivity index (χ0v) is 11.6. The monoisotopic (exact) mass is 297 g/mol. The molecule has 17 heavy (non-hydrogen) atoms. The van der Waals surface area contributed by atoms with Gasteiger partial charge in [0.2, 0.25) is 0 Å². The predicted octanol–water partition coefficient (Wildman–Crippen LogP) is 3.32. The highest BCUT2D eigenvalue weighted by atomic mass is 79.9. The third kappa shape index (κ3) is 3.27. The maximum absolute atomic E-state index is 5.74. The van der Waals surface area contributed by atoms with Crippen molar-refractivity contribution >= 4 is 15.9 Å². The highest BCUT2D eigenvalue weighted by molar-refractivity contribution is 9.10. The van der Waals surface area contributed by atoms with E-state index in [2.05, 4.69) is 26.3 Å². The molecule has 1 aromatic rings. The largest absolute Gasteiger partial charge is 0.271 e. The van der Waals surface area contributed by atoms with Gasteiger partial charge in [-0.25, -0.2) is 0 Å². The molecule has 0 spiro atoms. The van der Waals surface area contributed by atoms with Gasteiger partial charge in [0.05, 0.1) is 11.7 Å². The SMILES string of the molecule is NNC(c1ncccc1Br)C1CCCCCC1. The molecule has 0 aliphatic heterocycles. The molecule has 1 saturated carbocycles. The number of halogens is 1. The Morgan fingerprint density at radius 1 is 1.29 bits per heavy atom. The number of nitrogens with one attached hydrogen (secondary N) is 1. The first-order valence-electron chi connectivity index (χ1n) is 6.39. The van der Waals surface area contributed by atoms with Gasteiger partial charge in [0.1, 0.15) is 0 Å². The van der Waals surface area contributed by atoms with E-state index in [0.29, 0.717) is 5.92 Å². The average molecular weight is 298 g/mol. The molecule has 3 nitrogen and oxygen atoms in total. The predicted molar refractivity (Wildman–Crippen MR) is 73.2 cm³/mol. The molecule has 1 aromatic heterocycles. The molecule has 0 aromatic carbocycles. The van der Waals surface area contributed by atoms with Gasteiger partial charge in [-0.3, -0.25) is 16.3 Å². The summed E-state index contributed by atoms with van der Waals surface area (Å²) in [5.74, 6) is 6.35. The summed E-state index contributed by atoms with van der Waals surface area (Å²) >= 11 is 3.57. The van der Waals surface area contributed by atoms with Crippen molar-refractivity contribution in [2.24, 2.45) is 11.8 Å². The number of aromatic nitrogens is 1. The van der Waals surface area contributed by atoms with Crippen molar-refractivity contribution in [3.05, 3.63) is 28.5 Å². The molecular weight excluding hydrogens is 278 g/mol. The van der Waals surface area contributed by atoms with Crippen LogP contribution in [0.1, 0.15) is 50.3 Å². The van der Waals surface area contributed by atoms with Crippen LogP contribution in [0.3, 0.4) is 0 Å². The Morgan fingerprint density at radius 3 is 2.59 bits per heavy atom. The van der Waals surface area contributed by atoms with Gasteiger partial charge < -0.3 is 0 Å². The van der Waals surface area contributed by atoms with Crippen LogP contribution in [-0.2, 0) is 0 Å². The van der Waals surface area contributed by atoms with Gasteiger partial charge in [0.15, 0.2) is 0 Å². The Hall–Kier alpha value is -0.450. The molecule has 0 bridgehead atoms. The first-order chi connectivity index (χ1) is 8.33. The lowest BCUT2D eigenvalue weighted by atomic mass is 9.90. The standard InChI is InChI=1S/C13H20BrN3/c14-11-8-5-9-16-13(11)12(17-15)10-6-3-1-2-4-7-10/h5,8-10,12,17H,1-4,6-7,15H2. The molecule has 1 aliphatic carbocycles. The summed E-state index contributed by atoms with van der Waals surface area (Å²) in [5, 5.41) is 0. The number of nitrogens with two attached hydrogens (primary N) is 1. The van der Waals surface area contributed by atoms with Crippen molar-refractivity contribution in [1.29, 1.82) is 0 Å². The lowest BCUT2D eigenvalue weighted by Crippen LogP contribution is -2.34. The summed E-state index contributed by atoms with van der Waals surface area (Å²) in [6.45, 7) is 0. The second kappa shape index (κ2) is 6.47. The fourth-order valence-corrected chi connectivity index (χ4v) is 3.21. The van der Waals surface area contributed by atoms with E-state index in [1.165, 1.54) is 38.5 Å². The first-order valence-corrected chi connectivity index (χ1v) is 7.18. The van der Waals surface area contributed by atoms with Gasteiger partial charge in [-0.1, -0.05) is 25.7 Å². The number of hydrogen-bond donors (Lipinski definition) is 2. The normalized spacial score (nSPS) is 19.9. The Kier molecular flexibility index (Phi) is 4.95. The summed E-state index contributed by atoms with van der Waals surface area (Å²) in [5.41, 5.74) is 4.01. The van der Waals surface area contributed by atoms with Gasteiger partial charge in [-0.05, 0) is 46.8 Å². The highest BCUT2D eigenvalue weighted by Gasteiger charge is 2.25. The Bertz CT molecular complexity index is 348. The van der Waals surface area contributed by atoms with Crippen molar-refractivity contribution in [2.75, 3.05) is 0 Å². The Labute approximate surface area is 111 Å². The fraction of sp³-hybridized carbons (Fsp3) is 0.615. The van der Waals surface area contributed by atoms with Crippen LogP contribution in [0.15, 0.2) is 22.8 Å². The van der Waals surface area contributed by atoms with Crippen LogP contribution < -0.4 is 11.3 Å². The van der Waals surface area contributed by atoms with E-state index in [9.17, 15) is 0 Å². The second-order valence-electron chi connectivity index (χ2n) is 4.77. The molecule has 4 heteroatoms. The molecule has 0 radical (unpaired) electrons. The Morgan fingerprint density at radius 2 is 2.00 bits per heavy atom. The minimum absolute atomic E-state index is 0.170. The minimum Gasteiger partial charge on any atom is -0.271 e. The molecule has 2 rings (SSSR count). The average Bonchev–Trinajstić information content (AvgIpc) is 2.62. The van der Waals surface area contributed by atoms with Crippen LogP contribution in [0, 0.1) is 5.92 Å². The number of hydrazine groups is 1. The summed E-state index contributed by atoms with van der Waals surface area (Å²) in [6.07, 6.45) is 9.67. The van der Waals surface area contributed by atoms with Crippen molar-refractivity contribution in [3.8, 4) is 0 Å². The third-order valence-corrected chi connectivity index (χ3v) is 4.30. The van der Waals surface area contributed by atoms with Crippen molar-refractivity contribution < 1.29 is 0 Å². The molecule has 1 aliphatic rings. The van der Waals surface area contributed by atoms with Gasteiger partial charge >= 0.3 is 0 Å². The molecule has 0 amide bonds. The summed E-state index contributed by atoms with van der Waals surface area (Å²) < 4.78 is 1.05. The van der Waals surface area contributed by atoms with Crippen LogP contribution in [0.25, 0.3) is 0 Å². The van der Waals surface area contributed by atoms with Gasteiger partial charge in [-0.15, -0.1) is 0 Å². The van der Waals surface area contributed by atoms with E-state index in [1.54, 1.807) is 0 Å². The molecule has 0 saturated heterocycles. The lowest BCUT2D eigenvalue weighted by molar-refractivity contribution is 0.322. The summed E-state index contributed by atoms with van der Waals surface area (Å²) in [4.78, 5) is 4.47. The zero-order valence-electron chi connectivity index (χ0n) is 10.0. The van der Waals surface area contributed by atoms with Crippen LogP contribution in [0.4, 0.5) is 0 Å². The van der Waals surface area contributed by atoms with Crippen LogP contribution in [0.2, 0.25) is 0 Å². The van der Waals surface area contributed by atoms with Crippen molar-refractivity contribution in [1.82, 2.24) is 10.4 Å². The summed E-state index contributed by atoms with van der Waals surface area (Å²) in [7, 11) is 0. The van der Waals surface area contributed by atoms with E-state index < -0.39 is 0 Å². The van der Waals surface area contributed by atoms with E-state index in [0.717, 1.165) is 10.2 Å². The zero-order chi connectivity index (χ0) is 12.1. The quantitative estimate of drug-likeness (QED) is 0.511. The molecule has 94 valence electrons. The van der Waals surface area contributed by atoms with Crippen molar-refractivity contribution in [2.45, 2.75) is 44.6 Å². The van der Waals surface area contributed by atoms with Crippen LogP contribution in [0.5, 0.6) is 0 Å². The topological polar surface area (TPSA) is 50.9 Å². The highest BCUT2D eigenvalue weighted by Crippen LogP contribution is 2.34. The van der Waals surface area contributed by atoms with Gasteiger partial charge in [0.25, 0.3) is 0 Å². The molecule has 3 N–H and O–H groups in total. The molecule has 1 fully saturated rings. The first kappa shape index (κ1) is 13.0. The molecule has 1 atom stereocenters. The second-order valence-corrected chi connectivity index (χ2v) is 5.62. The van der Waals surface area contributed by atoms with Crippen LogP contribution >= 0.6 is 15.9 Å². The molecule has 1 heterocycles. The van der Waals surface area contributed by atoms with E-state index in [-0.39, 0.29) is 6.04 Å². The molecule has 1 unspecified atom stereocenters. The molecular formula is C13H20BrN3. The van der Waals surface area contributed by atoms with Crippen LogP contribution in [-0.4, -0.2) is 4.98 Å². The third-order valence-electron chi connectivity index (χ3n) is 3.63. The van der Waals surface area contributed by atoms with E-state index in [4.69, 9.17) is 5.84 Å². The van der Waals surface area contributed by atoms with E-state index >= 15 is 0 Å². The fourth-order valence-electron chi connectivity index (χ4n) is 2.71. The number of nitrogens with zero attached hydrogens (tertiary/aromatic N) is 1. The van der Waals surface area contributed by atoms with Gasteiger partial charge in [0, 0.05) is 10.7 Å². The number of rotatable bonds is 3.